The number of aryl methyl sites for hydroxylation is 1. The molecule has 0 bridgehead atoms. The van der Waals surface area contributed by atoms with Gasteiger partial charge < -0.3 is 9.63 Å². The molecule has 0 aliphatic heterocycles. The van der Waals surface area contributed by atoms with Crippen molar-refractivity contribution in [2.24, 2.45) is 0 Å². The molecule has 0 saturated carbocycles. The van der Waals surface area contributed by atoms with Crippen LogP contribution in [0.1, 0.15) is 31.2 Å². The van der Waals surface area contributed by atoms with Crippen LogP contribution in [-0.2, 0) is 6.42 Å². The van der Waals surface area contributed by atoms with Crippen molar-refractivity contribution in [3.05, 3.63) is 29.6 Å². The molecule has 90 valence electrons. The molecular formula is C13H16N2O2. The van der Waals surface area contributed by atoms with E-state index in [1.54, 1.807) is 12.1 Å². The third-order valence-electron chi connectivity index (χ3n) is 2.76. The number of phenols is 1. The van der Waals surface area contributed by atoms with E-state index in [0.717, 1.165) is 36.2 Å². The summed E-state index contributed by atoms with van der Waals surface area (Å²) in [6, 6.07) is 5.28. The van der Waals surface area contributed by atoms with Crippen molar-refractivity contribution in [2.75, 3.05) is 0 Å². The third kappa shape index (κ3) is 2.46. The Hall–Kier alpha value is -1.84. The maximum atomic E-state index is 9.62. The summed E-state index contributed by atoms with van der Waals surface area (Å²) in [5, 5.41) is 13.6. The van der Waals surface area contributed by atoms with Crippen LogP contribution in [0.25, 0.3) is 11.5 Å². The molecule has 1 aromatic heterocycles. The maximum absolute atomic E-state index is 9.62. The maximum Gasteiger partial charge on any atom is 0.258 e. The highest BCUT2D eigenvalue weighted by atomic mass is 16.5. The summed E-state index contributed by atoms with van der Waals surface area (Å²) in [6.45, 7) is 3.96. The molecular weight excluding hydrogens is 216 g/mol. The summed E-state index contributed by atoms with van der Waals surface area (Å²) >= 11 is 0. The number of hydrogen-bond donors (Lipinski definition) is 1. The molecule has 0 radical (unpaired) electrons. The Labute approximate surface area is 100 Å². The number of phenolic OH excluding ortho intramolecular Hbond substituents is 1. The van der Waals surface area contributed by atoms with Gasteiger partial charge in [-0.3, -0.25) is 0 Å². The lowest BCUT2D eigenvalue weighted by molar-refractivity contribution is 0.420. The molecule has 4 nitrogen and oxygen atoms in total. The summed E-state index contributed by atoms with van der Waals surface area (Å²) in [7, 11) is 0. The van der Waals surface area contributed by atoms with E-state index in [2.05, 4.69) is 17.1 Å². The third-order valence-corrected chi connectivity index (χ3v) is 2.76. The van der Waals surface area contributed by atoms with Crippen LogP contribution in [0.3, 0.4) is 0 Å². The lowest BCUT2D eigenvalue weighted by atomic mass is 10.1. The number of unbranched alkanes of at least 4 members (excludes halogenated alkanes) is 1. The van der Waals surface area contributed by atoms with Crippen LogP contribution in [0.4, 0.5) is 0 Å². The van der Waals surface area contributed by atoms with Crippen LogP contribution in [0.5, 0.6) is 5.75 Å². The molecule has 2 rings (SSSR count). The molecule has 0 fully saturated rings. The average Bonchev–Trinajstić information content (AvgIpc) is 2.78. The Bertz CT molecular complexity index is 506. The van der Waals surface area contributed by atoms with Gasteiger partial charge in [0.2, 0.25) is 0 Å². The van der Waals surface area contributed by atoms with Gasteiger partial charge in [-0.05, 0) is 25.5 Å². The molecule has 4 heteroatoms. The van der Waals surface area contributed by atoms with Gasteiger partial charge in [0, 0.05) is 17.5 Å². The van der Waals surface area contributed by atoms with Crippen LogP contribution >= 0.6 is 0 Å². The monoisotopic (exact) mass is 232 g/mol. The predicted molar refractivity (Wildman–Crippen MR) is 64.7 cm³/mol. The Balaban J connectivity index is 2.27. The highest BCUT2D eigenvalue weighted by molar-refractivity contribution is 5.61. The van der Waals surface area contributed by atoms with Gasteiger partial charge in [-0.25, -0.2) is 0 Å². The molecule has 0 unspecified atom stereocenters. The molecule has 0 atom stereocenters. The number of hydrogen-bond acceptors (Lipinski definition) is 4. The van der Waals surface area contributed by atoms with Crippen molar-refractivity contribution in [3.63, 3.8) is 0 Å². The van der Waals surface area contributed by atoms with E-state index in [0.29, 0.717) is 5.89 Å². The summed E-state index contributed by atoms with van der Waals surface area (Å²) in [5.41, 5.74) is 1.55. The molecule has 17 heavy (non-hydrogen) atoms. The van der Waals surface area contributed by atoms with Crippen LogP contribution in [0.15, 0.2) is 22.7 Å². The highest BCUT2D eigenvalue weighted by Crippen LogP contribution is 2.27. The van der Waals surface area contributed by atoms with Crippen LogP contribution in [-0.4, -0.2) is 15.2 Å². The zero-order chi connectivity index (χ0) is 12.3. The van der Waals surface area contributed by atoms with E-state index >= 15 is 0 Å². The van der Waals surface area contributed by atoms with E-state index in [-0.39, 0.29) is 5.75 Å². The lowest BCUT2D eigenvalue weighted by Crippen LogP contribution is -1.88. The van der Waals surface area contributed by atoms with Crippen LogP contribution < -0.4 is 0 Å². The van der Waals surface area contributed by atoms with Gasteiger partial charge in [-0.15, -0.1) is 0 Å². The second kappa shape index (κ2) is 4.99. The Morgan fingerprint density at radius 1 is 1.35 bits per heavy atom. The van der Waals surface area contributed by atoms with E-state index in [4.69, 9.17) is 4.52 Å². The zero-order valence-electron chi connectivity index (χ0n) is 10.1. The fourth-order valence-electron chi connectivity index (χ4n) is 1.65. The van der Waals surface area contributed by atoms with Crippen molar-refractivity contribution < 1.29 is 9.63 Å². The quantitative estimate of drug-likeness (QED) is 0.880. The fraction of sp³-hybridized carbons (Fsp3) is 0.385. The van der Waals surface area contributed by atoms with Gasteiger partial charge in [-0.2, -0.15) is 4.98 Å². The second-order valence-corrected chi connectivity index (χ2v) is 4.07. The number of aromatic hydroxyl groups is 1. The number of benzene rings is 1. The molecule has 1 aromatic carbocycles. The Morgan fingerprint density at radius 3 is 2.94 bits per heavy atom. The minimum absolute atomic E-state index is 0.246. The topological polar surface area (TPSA) is 59.2 Å². The minimum Gasteiger partial charge on any atom is -0.508 e. The van der Waals surface area contributed by atoms with Gasteiger partial charge in [0.05, 0.1) is 0 Å². The van der Waals surface area contributed by atoms with Crippen molar-refractivity contribution in [2.45, 2.75) is 33.1 Å². The lowest BCUT2D eigenvalue weighted by Gasteiger charge is -2.01. The van der Waals surface area contributed by atoms with E-state index < -0.39 is 0 Å². The van der Waals surface area contributed by atoms with Gasteiger partial charge in [-0.1, -0.05) is 24.6 Å². The highest BCUT2D eigenvalue weighted by Gasteiger charge is 2.12. The van der Waals surface area contributed by atoms with E-state index in [1.165, 1.54) is 0 Å². The summed E-state index contributed by atoms with van der Waals surface area (Å²) in [5.74, 6) is 1.45. The molecule has 0 spiro atoms. The van der Waals surface area contributed by atoms with Crippen LogP contribution in [0, 0.1) is 6.92 Å². The van der Waals surface area contributed by atoms with Crippen LogP contribution in [0.2, 0.25) is 0 Å². The molecule has 1 N–H and O–H groups in total. The Morgan fingerprint density at radius 2 is 2.18 bits per heavy atom. The standard InChI is InChI=1S/C13H16N2O2/c1-3-4-8-12-14-13(17-15-12)10-6-5-7-11(16)9(10)2/h5-7,16H,3-4,8H2,1-2H3. The average molecular weight is 232 g/mol. The first kappa shape index (κ1) is 11.6. The molecule has 2 aromatic rings. The molecule has 0 aliphatic rings. The number of aromatic nitrogens is 2. The summed E-state index contributed by atoms with van der Waals surface area (Å²) in [6.07, 6.45) is 2.99. The number of rotatable bonds is 4. The van der Waals surface area contributed by atoms with Crippen molar-refractivity contribution in [1.29, 1.82) is 0 Å². The van der Waals surface area contributed by atoms with Gasteiger partial charge >= 0.3 is 0 Å². The fourth-order valence-corrected chi connectivity index (χ4v) is 1.65. The second-order valence-electron chi connectivity index (χ2n) is 4.07. The molecule has 0 aliphatic carbocycles. The van der Waals surface area contributed by atoms with E-state index in [1.807, 2.05) is 13.0 Å². The number of nitrogens with zero attached hydrogens (tertiary/aromatic N) is 2. The largest absolute Gasteiger partial charge is 0.508 e. The first-order chi connectivity index (χ1) is 8.22. The minimum atomic E-state index is 0.246. The van der Waals surface area contributed by atoms with Crippen molar-refractivity contribution in [1.82, 2.24) is 10.1 Å². The van der Waals surface area contributed by atoms with E-state index in [9.17, 15) is 5.11 Å². The SMILES string of the molecule is CCCCc1noc(-c2cccc(O)c2C)n1. The van der Waals surface area contributed by atoms with Crippen molar-refractivity contribution >= 4 is 0 Å². The van der Waals surface area contributed by atoms with Crippen molar-refractivity contribution in [3.8, 4) is 17.2 Å². The smallest absolute Gasteiger partial charge is 0.258 e. The summed E-state index contributed by atoms with van der Waals surface area (Å²) in [4.78, 5) is 4.33. The normalized spacial score (nSPS) is 10.7. The first-order valence-corrected chi connectivity index (χ1v) is 5.84. The van der Waals surface area contributed by atoms with Gasteiger partial charge in [0.1, 0.15) is 5.75 Å². The first-order valence-electron chi connectivity index (χ1n) is 5.84. The van der Waals surface area contributed by atoms with Gasteiger partial charge in [0.15, 0.2) is 5.82 Å². The Kier molecular flexibility index (Phi) is 3.42. The molecule has 1 heterocycles. The predicted octanol–water partition coefficient (Wildman–Crippen LogP) is 3.09. The molecule has 0 saturated heterocycles. The summed E-state index contributed by atoms with van der Waals surface area (Å²) < 4.78 is 5.21. The molecule has 0 amide bonds. The zero-order valence-corrected chi connectivity index (χ0v) is 10.1. The van der Waals surface area contributed by atoms with Gasteiger partial charge in [0.25, 0.3) is 5.89 Å².